The molecule has 33 heavy (non-hydrogen) atoms. The lowest BCUT2D eigenvalue weighted by atomic mass is 10.1. The van der Waals surface area contributed by atoms with Gasteiger partial charge in [-0.3, -0.25) is 9.52 Å². The van der Waals surface area contributed by atoms with Crippen molar-refractivity contribution < 1.29 is 13.2 Å². The molecule has 0 aliphatic rings. The summed E-state index contributed by atoms with van der Waals surface area (Å²) in [7, 11) is -4.05. The Hall–Kier alpha value is -1.52. The van der Waals surface area contributed by atoms with Crippen molar-refractivity contribution in [3.8, 4) is 0 Å². The number of carbonyl (C=O) groups is 1. The average Bonchev–Trinajstić information content (AvgIpc) is 3.10. The fourth-order valence-electron chi connectivity index (χ4n) is 2.93. The molecule has 0 aliphatic carbocycles. The van der Waals surface area contributed by atoms with Gasteiger partial charge in [-0.1, -0.05) is 58.2 Å². The molecule has 4 rings (SSSR count). The Morgan fingerprint density at radius 1 is 0.970 bits per heavy atom. The smallest absolute Gasteiger partial charge is 0.263 e. The molecule has 0 bridgehead atoms. The molecular weight excluding hydrogens is 566 g/mol. The normalized spacial score (nSPS) is 11.7. The van der Waals surface area contributed by atoms with Crippen molar-refractivity contribution in [2.75, 3.05) is 4.72 Å². The zero-order chi connectivity index (χ0) is 23.9. The van der Waals surface area contributed by atoms with Gasteiger partial charge in [-0.25, -0.2) is 13.4 Å². The second kappa shape index (κ2) is 9.62. The van der Waals surface area contributed by atoms with Gasteiger partial charge >= 0.3 is 0 Å². The van der Waals surface area contributed by atoms with E-state index in [2.05, 4.69) is 9.71 Å². The third-order valence-electron chi connectivity index (χ3n) is 4.38. The lowest BCUT2D eigenvalue weighted by Gasteiger charge is -2.14. The highest BCUT2D eigenvalue weighted by molar-refractivity contribution is 8.01. The lowest BCUT2D eigenvalue weighted by molar-refractivity contribution is 0.101. The fourth-order valence-corrected chi connectivity index (χ4v) is 7.40. The van der Waals surface area contributed by atoms with Gasteiger partial charge in [0.25, 0.3) is 10.0 Å². The molecule has 0 unspecified atom stereocenters. The maximum Gasteiger partial charge on any atom is 0.263 e. The van der Waals surface area contributed by atoms with Crippen LogP contribution in [0.4, 0.5) is 5.69 Å². The zero-order valence-electron chi connectivity index (χ0n) is 16.5. The first-order chi connectivity index (χ1) is 15.5. The molecule has 0 aliphatic heterocycles. The van der Waals surface area contributed by atoms with E-state index < -0.39 is 10.0 Å². The number of Topliss-reactive ketones (excluding diaryl/α,β-unsaturated/α-hetero) is 1. The van der Waals surface area contributed by atoms with Crippen LogP contribution in [0, 0.1) is 0 Å². The standard InChI is InChI=1S/C21H12Cl4N2O3S3/c1-10(28)14-8-13(27-33(29,30)19-5-3-11(22)6-15(19)24)9-16(25)20(14)32-21-26-17-7-12(23)2-4-18(17)31-21/h2-9,27H,1H3. The minimum atomic E-state index is -4.05. The highest BCUT2D eigenvalue weighted by Gasteiger charge is 2.22. The maximum atomic E-state index is 12.8. The van der Waals surface area contributed by atoms with Gasteiger partial charge in [-0.05, 0) is 55.5 Å². The third-order valence-corrected chi connectivity index (χ3v) is 9.36. The Kier molecular flexibility index (Phi) is 7.17. The SMILES string of the molecule is CC(=O)c1cc(NS(=O)(=O)c2ccc(Cl)cc2Cl)cc(Cl)c1Sc1nc2cc(Cl)ccc2s1. The number of nitrogens with one attached hydrogen (secondary N) is 1. The van der Waals surface area contributed by atoms with E-state index in [1.165, 1.54) is 60.4 Å². The van der Waals surface area contributed by atoms with Gasteiger partial charge in [0.2, 0.25) is 0 Å². The van der Waals surface area contributed by atoms with Crippen LogP contribution < -0.4 is 4.72 Å². The van der Waals surface area contributed by atoms with E-state index in [1.54, 1.807) is 12.1 Å². The Morgan fingerprint density at radius 3 is 2.36 bits per heavy atom. The molecule has 0 radical (unpaired) electrons. The third kappa shape index (κ3) is 5.43. The van der Waals surface area contributed by atoms with Crippen LogP contribution in [0.15, 0.2) is 62.7 Å². The molecule has 0 amide bonds. The van der Waals surface area contributed by atoms with Crippen LogP contribution in [0.1, 0.15) is 17.3 Å². The van der Waals surface area contributed by atoms with Crippen molar-refractivity contribution in [2.24, 2.45) is 0 Å². The summed E-state index contributed by atoms with van der Waals surface area (Å²) >= 11 is 27.1. The lowest BCUT2D eigenvalue weighted by Crippen LogP contribution is -2.14. The molecule has 1 heterocycles. The van der Waals surface area contributed by atoms with Crippen molar-refractivity contribution in [1.82, 2.24) is 4.98 Å². The van der Waals surface area contributed by atoms with Gasteiger partial charge in [-0.2, -0.15) is 0 Å². The number of thiazole rings is 1. The molecule has 3 aromatic carbocycles. The Labute approximate surface area is 218 Å². The highest BCUT2D eigenvalue weighted by Crippen LogP contribution is 2.42. The number of anilines is 1. The predicted octanol–water partition coefficient (Wildman–Crippen LogP) is 8.06. The van der Waals surface area contributed by atoms with E-state index in [0.717, 1.165) is 10.2 Å². The summed E-state index contributed by atoms with van der Waals surface area (Å²) in [5, 5.41) is 1.05. The van der Waals surface area contributed by atoms with E-state index in [4.69, 9.17) is 46.4 Å². The molecule has 0 spiro atoms. The number of hydrogen-bond acceptors (Lipinski definition) is 6. The van der Waals surface area contributed by atoms with Gasteiger partial charge in [0.05, 0.1) is 25.9 Å². The van der Waals surface area contributed by atoms with Gasteiger partial charge in [0, 0.05) is 20.5 Å². The summed E-state index contributed by atoms with van der Waals surface area (Å²) in [6.07, 6.45) is 0. The molecular formula is C21H12Cl4N2O3S3. The molecule has 0 saturated heterocycles. The molecule has 12 heteroatoms. The minimum Gasteiger partial charge on any atom is -0.294 e. The Balaban J connectivity index is 1.70. The zero-order valence-corrected chi connectivity index (χ0v) is 22.0. The molecule has 4 aromatic rings. The molecule has 0 fully saturated rings. The summed E-state index contributed by atoms with van der Waals surface area (Å²) in [6, 6.07) is 12.3. The summed E-state index contributed by atoms with van der Waals surface area (Å²) in [4.78, 5) is 17.2. The molecule has 5 nitrogen and oxygen atoms in total. The van der Waals surface area contributed by atoms with E-state index in [1.807, 2.05) is 6.07 Å². The van der Waals surface area contributed by atoms with E-state index in [-0.39, 0.29) is 32.0 Å². The van der Waals surface area contributed by atoms with Crippen molar-refractivity contribution in [3.05, 3.63) is 74.2 Å². The number of rotatable bonds is 6. The topological polar surface area (TPSA) is 76.1 Å². The van der Waals surface area contributed by atoms with E-state index in [9.17, 15) is 13.2 Å². The summed E-state index contributed by atoms with van der Waals surface area (Å²) < 4.78 is 29.7. The number of halogens is 4. The second-order valence-electron chi connectivity index (χ2n) is 6.77. The first kappa shape index (κ1) is 24.6. The number of sulfonamides is 1. The Bertz CT molecular complexity index is 1520. The van der Waals surface area contributed by atoms with Crippen LogP contribution in [-0.2, 0) is 10.0 Å². The molecule has 0 atom stereocenters. The van der Waals surface area contributed by atoms with Crippen molar-refractivity contribution in [2.45, 2.75) is 21.1 Å². The maximum absolute atomic E-state index is 12.8. The molecule has 1 N–H and O–H groups in total. The van der Waals surface area contributed by atoms with Crippen LogP contribution in [0.2, 0.25) is 20.1 Å². The van der Waals surface area contributed by atoms with Crippen LogP contribution >= 0.6 is 69.5 Å². The number of aromatic nitrogens is 1. The number of benzene rings is 3. The number of nitrogens with zero attached hydrogens (tertiary/aromatic N) is 1. The van der Waals surface area contributed by atoms with Gasteiger partial charge < -0.3 is 0 Å². The predicted molar refractivity (Wildman–Crippen MR) is 137 cm³/mol. The summed E-state index contributed by atoms with van der Waals surface area (Å²) in [6.45, 7) is 1.38. The molecule has 0 saturated carbocycles. The van der Waals surface area contributed by atoms with Crippen LogP contribution in [0.3, 0.4) is 0 Å². The largest absolute Gasteiger partial charge is 0.294 e. The van der Waals surface area contributed by atoms with E-state index in [0.29, 0.717) is 19.3 Å². The van der Waals surface area contributed by atoms with Crippen molar-refractivity contribution in [3.63, 3.8) is 0 Å². The summed E-state index contributed by atoms with van der Waals surface area (Å²) in [5.41, 5.74) is 1.11. The molecule has 1 aromatic heterocycles. The first-order valence-corrected chi connectivity index (χ1v) is 13.7. The highest BCUT2D eigenvalue weighted by atomic mass is 35.5. The van der Waals surface area contributed by atoms with Crippen molar-refractivity contribution >= 4 is 101 Å². The minimum absolute atomic E-state index is 0.0315. The number of hydrogen-bond donors (Lipinski definition) is 1. The molecule has 170 valence electrons. The quantitative estimate of drug-likeness (QED) is 0.234. The van der Waals surface area contributed by atoms with Crippen LogP contribution in [0.25, 0.3) is 10.2 Å². The summed E-state index contributed by atoms with van der Waals surface area (Å²) in [5.74, 6) is -0.283. The van der Waals surface area contributed by atoms with Crippen LogP contribution in [0.5, 0.6) is 0 Å². The monoisotopic (exact) mass is 576 g/mol. The second-order valence-corrected chi connectivity index (χ2v) is 12.4. The first-order valence-electron chi connectivity index (χ1n) is 9.10. The fraction of sp³-hybridized carbons (Fsp3) is 0.0476. The van der Waals surface area contributed by atoms with E-state index >= 15 is 0 Å². The number of fused-ring (bicyclic) bond motifs is 1. The Morgan fingerprint density at radius 2 is 1.67 bits per heavy atom. The van der Waals surface area contributed by atoms with Gasteiger partial charge in [0.15, 0.2) is 10.1 Å². The number of carbonyl (C=O) groups excluding carboxylic acids is 1. The van der Waals surface area contributed by atoms with Crippen LogP contribution in [-0.4, -0.2) is 19.2 Å². The number of ketones is 1. The average molecular weight is 578 g/mol. The van der Waals surface area contributed by atoms with Gasteiger partial charge in [-0.15, -0.1) is 11.3 Å². The van der Waals surface area contributed by atoms with Gasteiger partial charge in [0.1, 0.15) is 4.90 Å². The van der Waals surface area contributed by atoms with Crippen molar-refractivity contribution in [1.29, 1.82) is 0 Å².